The van der Waals surface area contributed by atoms with Crippen LogP contribution in [0, 0.1) is 5.41 Å². The van der Waals surface area contributed by atoms with Crippen LogP contribution in [0.4, 0.5) is 10.5 Å². The summed E-state index contributed by atoms with van der Waals surface area (Å²) >= 11 is 0. The number of aromatic amines is 1. The smallest absolute Gasteiger partial charge is 0.410 e. The zero-order chi connectivity index (χ0) is 31.9. The lowest BCUT2D eigenvalue weighted by molar-refractivity contribution is -0.125. The number of imidazole rings is 1. The predicted octanol–water partition coefficient (Wildman–Crippen LogP) is 3.80. The van der Waals surface area contributed by atoms with Crippen LogP contribution in [-0.4, -0.2) is 83.6 Å². The Labute approximate surface area is 251 Å². The van der Waals surface area contributed by atoms with E-state index >= 15 is 0 Å². The normalized spacial score (nSPS) is 12.3. The van der Waals surface area contributed by atoms with E-state index in [0.717, 1.165) is 23.0 Å². The number of hydrogen-bond acceptors (Lipinski definition) is 7. The van der Waals surface area contributed by atoms with Crippen molar-refractivity contribution in [2.45, 2.75) is 52.7 Å². The van der Waals surface area contributed by atoms with Gasteiger partial charge in [-0.15, -0.1) is 0 Å². The third-order valence-corrected chi connectivity index (χ3v) is 6.44. The van der Waals surface area contributed by atoms with Crippen LogP contribution < -0.4 is 15.6 Å². The van der Waals surface area contributed by atoms with E-state index in [1.54, 1.807) is 39.5 Å². The highest BCUT2D eigenvalue weighted by Crippen LogP contribution is 2.29. The van der Waals surface area contributed by atoms with E-state index < -0.39 is 23.7 Å². The van der Waals surface area contributed by atoms with E-state index in [9.17, 15) is 19.2 Å². The summed E-state index contributed by atoms with van der Waals surface area (Å²) in [5, 5.41) is 2.61. The van der Waals surface area contributed by atoms with Crippen molar-refractivity contribution in [1.29, 1.82) is 0 Å². The number of nitrogens with one attached hydrogen (secondary N) is 2. The summed E-state index contributed by atoms with van der Waals surface area (Å²) in [6.45, 7) is 6.60. The lowest BCUT2D eigenvalue weighted by Crippen LogP contribution is -2.37. The maximum absolute atomic E-state index is 13.3. The summed E-state index contributed by atoms with van der Waals surface area (Å²) in [6, 6.07) is 6.99. The Balaban J connectivity index is 1.82. The number of allylic oxidation sites excluding steroid dienone is 1. The number of aromatic nitrogens is 3. The Kier molecular flexibility index (Phi) is 10.7. The van der Waals surface area contributed by atoms with Crippen molar-refractivity contribution in [1.82, 2.24) is 24.3 Å². The fraction of sp³-hybridized carbons (Fsp3) is 0.452. The van der Waals surface area contributed by atoms with Gasteiger partial charge in [0.2, 0.25) is 5.91 Å². The Morgan fingerprint density at radius 2 is 1.86 bits per heavy atom. The first-order valence-corrected chi connectivity index (χ1v) is 14.0. The molecule has 0 saturated heterocycles. The molecule has 0 spiro atoms. The highest BCUT2D eigenvalue weighted by molar-refractivity contribution is 5.95. The maximum atomic E-state index is 13.3. The van der Waals surface area contributed by atoms with Crippen molar-refractivity contribution in [3.8, 4) is 5.75 Å². The molecular formula is C31H42N6O6. The fourth-order valence-corrected chi connectivity index (χ4v) is 4.29. The standard InChI is InChI=1S/C31H42N6O6/c1-31(2,3)18-20-16-21(42-8)17-23-27(20)34-25(32-23)19-37-15-11-12-22(29(37)40)33-28(39)24(43-30(41)36(6)7)13-9-10-14-26(38)35(4)5/h10-12,14-17,24H,9,13,18-19H2,1-8H3,(H,32,34)(H,33,39)/b14-10+/t24-/m0/s1. The molecule has 0 saturated carbocycles. The SMILES string of the molecule is COc1cc(CC(C)(C)C)c2nc(Cn3cccc(NC(=O)[C@H](CC/C=C/C(=O)N(C)C)OC(=O)N(C)C)c3=O)[nH]c2c1. The second-order valence-electron chi connectivity index (χ2n) is 11.9. The lowest BCUT2D eigenvalue weighted by atomic mass is 9.87. The minimum absolute atomic E-state index is 0.0283. The minimum atomic E-state index is -1.19. The summed E-state index contributed by atoms with van der Waals surface area (Å²) in [6.07, 6.45) is 3.91. The van der Waals surface area contributed by atoms with E-state index in [4.69, 9.17) is 14.5 Å². The number of fused-ring (bicyclic) bond motifs is 1. The van der Waals surface area contributed by atoms with Crippen molar-refractivity contribution < 1.29 is 23.9 Å². The van der Waals surface area contributed by atoms with Crippen LogP contribution in [0.3, 0.4) is 0 Å². The van der Waals surface area contributed by atoms with Crippen molar-refractivity contribution >= 4 is 34.6 Å². The lowest BCUT2D eigenvalue weighted by Gasteiger charge is -2.19. The van der Waals surface area contributed by atoms with Crippen molar-refractivity contribution in [3.05, 3.63) is 64.4 Å². The zero-order valence-electron chi connectivity index (χ0n) is 26.2. The molecule has 0 fully saturated rings. The van der Waals surface area contributed by atoms with Crippen LogP contribution in [0.25, 0.3) is 11.0 Å². The molecular weight excluding hydrogens is 552 g/mol. The first-order chi connectivity index (χ1) is 20.2. The molecule has 0 radical (unpaired) electrons. The number of amides is 3. The van der Waals surface area contributed by atoms with E-state index in [1.807, 2.05) is 12.1 Å². The summed E-state index contributed by atoms with van der Waals surface area (Å²) in [7, 11) is 7.88. The number of benzene rings is 1. The number of carbonyl (C=O) groups excluding carboxylic acids is 3. The molecule has 3 rings (SSSR count). The quantitative estimate of drug-likeness (QED) is 0.322. The van der Waals surface area contributed by atoms with E-state index in [-0.39, 0.29) is 30.0 Å². The second-order valence-corrected chi connectivity index (χ2v) is 11.9. The third kappa shape index (κ3) is 9.19. The van der Waals surface area contributed by atoms with Crippen LogP contribution in [-0.2, 0) is 27.3 Å². The molecule has 2 N–H and O–H groups in total. The molecule has 1 atom stereocenters. The molecule has 2 aromatic heterocycles. The summed E-state index contributed by atoms with van der Waals surface area (Å²) < 4.78 is 12.3. The molecule has 232 valence electrons. The topological polar surface area (TPSA) is 139 Å². The Hall–Kier alpha value is -4.61. The summed E-state index contributed by atoms with van der Waals surface area (Å²) in [5.41, 5.74) is 2.27. The number of rotatable bonds is 11. The molecule has 1 aromatic carbocycles. The maximum Gasteiger partial charge on any atom is 0.410 e. The van der Waals surface area contributed by atoms with Crippen LogP contribution in [0.2, 0.25) is 0 Å². The Morgan fingerprint density at radius 1 is 1.14 bits per heavy atom. The molecule has 2 heterocycles. The highest BCUT2D eigenvalue weighted by Gasteiger charge is 2.25. The van der Waals surface area contributed by atoms with Gasteiger partial charge in [0.25, 0.3) is 11.5 Å². The molecule has 12 nitrogen and oxygen atoms in total. The van der Waals surface area contributed by atoms with Crippen molar-refractivity contribution in [2.24, 2.45) is 5.41 Å². The predicted molar refractivity (Wildman–Crippen MR) is 165 cm³/mol. The number of pyridine rings is 1. The summed E-state index contributed by atoms with van der Waals surface area (Å²) in [4.78, 5) is 61.3. The van der Waals surface area contributed by atoms with Gasteiger partial charge < -0.3 is 34.1 Å². The number of anilines is 1. The number of nitrogens with zero attached hydrogens (tertiary/aromatic N) is 4. The van der Waals surface area contributed by atoms with Gasteiger partial charge in [0.1, 0.15) is 17.3 Å². The van der Waals surface area contributed by atoms with Gasteiger partial charge in [-0.1, -0.05) is 26.8 Å². The van der Waals surface area contributed by atoms with E-state index in [0.29, 0.717) is 18.0 Å². The average Bonchev–Trinajstić information content (AvgIpc) is 3.34. The van der Waals surface area contributed by atoms with E-state index in [1.165, 1.54) is 40.6 Å². The van der Waals surface area contributed by atoms with Crippen molar-refractivity contribution in [3.63, 3.8) is 0 Å². The number of hydrogen-bond donors (Lipinski definition) is 2. The minimum Gasteiger partial charge on any atom is -0.497 e. The van der Waals surface area contributed by atoms with Gasteiger partial charge >= 0.3 is 6.09 Å². The molecule has 12 heteroatoms. The highest BCUT2D eigenvalue weighted by atomic mass is 16.6. The fourth-order valence-electron chi connectivity index (χ4n) is 4.29. The van der Waals surface area contributed by atoms with Crippen LogP contribution in [0.5, 0.6) is 5.75 Å². The molecule has 0 aliphatic carbocycles. The number of ether oxygens (including phenoxy) is 2. The number of likely N-dealkylation sites (N-methyl/N-ethyl adjacent to an activating group) is 1. The molecule has 3 aromatic rings. The molecule has 0 unspecified atom stereocenters. The second kappa shape index (κ2) is 14.0. The van der Waals surface area contributed by atoms with Crippen LogP contribution >= 0.6 is 0 Å². The van der Waals surface area contributed by atoms with Gasteiger partial charge in [-0.2, -0.15) is 0 Å². The largest absolute Gasteiger partial charge is 0.497 e. The summed E-state index contributed by atoms with van der Waals surface area (Å²) in [5.74, 6) is 0.430. The van der Waals surface area contributed by atoms with Gasteiger partial charge in [0.05, 0.1) is 24.7 Å². The first kappa shape index (κ1) is 32.9. The first-order valence-electron chi connectivity index (χ1n) is 14.0. The van der Waals surface area contributed by atoms with Gasteiger partial charge in [0, 0.05) is 40.5 Å². The molecule has 43 heavy (non-hydrogen) atoms. The van der Waals surface area contributed by atoms with Gasteiger partial charge in [0.15, 0.2) is 6.10 Å². The van der Waals surface area contributed by atoms with Crippen molar-refractivity contribution in [2.75, 3.05) is 40.6 Å². The molecule has 0 aliphatic rings. The Bertz CT molecular complexity index is 1550. The van der Waals surface area contributed by atoms with Gasteiger partial charge in [-0.25, -0.2) is 9.78 Å². The van der Waals surface area contributed by atoms with Crippen LogP contribution in [0.1, 0.15) is 45.0 Å². The molecule has 3 amide bonds. The third-order valence-electron chi connectivity index (χ3n) is 6.44. The van der Waals surface area contributed by atoms with E-state index in [2.05, 4.69) is 31.1 Å². The molecule has 0 aliphatic heterocycles. The number of carbonyl (C=O) groups is 3. The van der Waals surface area contributed by atoms with Crippen LogP contribution in [0.15, 0.2) is 47.4 Å². The molecule has 0 bridgehead atoms. The average molecular weight is 595 g/mol. The van der Waals surface area contributed by atoms with Gasteiger partial charge in [-0.3, -0.25) is 14.4 Å². The number of methoxy groups -OCH3 is 1. The monoisotopic (exact) mass is 594 g/mol. The Morgan fingerprint density at radius 3 is 2.49 bits per heavy atom. The number of H-pyrrole nitrogens is 1. The van der Waals surface area contributed by atoms with Gasteiger partial charge in [-0.05, 0) is 54.5 Å². The zero-order valence-corrected chi connectivity index (χ0v) is 26.2.